The summed E-state index contributed by atoms with van der Waals surface area (Å²) in [6.45, 7) is 0. The van der Waals surface area contributed by atoms with Crippen molar-refractivity contribution >= 4 is 16.9 Å². The van der Waals surface area contributed by atoms with Crippen LogP contribution in [0.4, 0.5) is 0 Å². The second kappa shape index (κ2) is 9.35. The summed E-state index contributed by atoms with van der Waals surface area (Å²) in [6, 6.07) is 10.3. The minimum absolute atomic E-state index is 0.116. The molecule has 42 heavy (non-hydrogen) atoms. The maximum Gasteiger partial charge on any atom is 0.189 e. The number of para-hydroxylation sites is 1. The van der Waals surface area contributed by atoms with Crippen molar-refractivity contribution in [3.8, 4) is 11.8 Å². The van der Waals surface area contributed by atoms with Crippen molar-refractivity contribution in [2.75, 3.05) is 7.05 Å². The summed E-state index contributed by atoms with van der Waals surface area (Å²) >= 11 is 0. The minimum Gasteiger partial charge on any atom is -0.390 e. The number of fused-ring (bicyclic) bond motifs is 2. The van der Waals surface area contributed by atoms with Crippen LogP contribution in [0.1, 0.15) is 63.5 Å². The normalized spacial score (nSPS) is 45.5. The van der Waals surface area contributed by atoms with Crippen LogP contribution in [-0.4, -0.2) is 56.7 Å². The molecule has 0 aliphatic heterocycles. The number of aromatic amines is 1. The number of aliphatic imine (C=N–C) groups is 1. The van der Waals surface area contributed by atoms with Gasteiger partial charge in [0.25, 0.3) is 0 Å². The van der Waals surface area contributed by atoms with Gasteiger partial charge in [-0.3, -0.25) is 4.99 Å². The van der Waals surface area contributed by atoms with Gasteiger partial charge in [-0.2, -0.15) is 0 Å². The highest BCUT2D eigenvalue weighted by Gasteiger charge is 2.74. The molecule has 11 atom stereocenters. The van der Waals surface area contributed by atoms with E-state index >= 15 is 0 Å². The monoisotopic (exact) mass is 568 g/mol. The Morgan fingerprint density at radius 2 is 1.90 bits per heavy atom. The zero-order valence-electron chi connectivity index (χ0n) is 24.5. The number of rotatable bonds is 3. The number of hydrogen-bond acceptors (Lipinski definition) is 4. The van der Waals surface area contributed by atoms with Gasteiger partial charge in [-0.15, -0.1) is 0 Å². The van der Waals surface area contributed by atoms with E-state index in [1.807, 2.05) is 0 Å². The van der Waals surface area contributed by atoms with Gasteiger partial charge in [-0.1, -0.05) is 48.1 Å². The predicted octanol–water partition coefficient (Wildman–Crippen LogP) is 3.64. The lowest BCUT2D eigenvalue weighted by Crippen LogP contribution is -2.59. The Morgan fingerprint density at radius 3 is 2.74 bits per heavy atom. The molecule has 6 aliphatic rings. The molecule has 0 radical (unpaired) electrons. The molecule has 1 aromatic carbocycles. The molecule has 7 heteroatoms. The molecule has 7 nitrogen and oxygen atoms in total. The summed E-state index contributed by atoms with van der Waals surface area (Å²) in [6.07, 6.45) is 9.83. The maximum atomic E-state index is 12.8. The maximum absolute atomic E-state index is 12.8. The molecular weight excluding hydrogens is 524 g/mol. The Bertz CT molecular complexity index is 1500. The van der Waals surface area contributed by atoms with E-state index in [1.165, 1.54) is 16.7 Å². The third kappa shape index (κ3) is 3.49. The van der Waals surface area contributed by atoms with Gasteiger partial charge in [0.2, 0.25) is 0 Å². The van der Waals surface area contributed by atoms with Crippen LogP contribution in [0.2, 0.25) is 0 Å². The Hall–Kier alpha value is -2.79. The molecule has 6 bridgehead atoms. The molecule has 1 aromatic heterocycles. The molecule has 4 saturated carbocycles. The van der Waals surface area contributed by atoms with Crippen LogP contribution in [0.5, 0.6) is 0 Å². The van der Waals surface area contributed by atoms with Gasteiger partial charge in [0.05, 0.1) is 23.3 Å². The van der Waals surface area contributed by atoms with Crippen molar-refractivity contribution in [1.29, 1.82) is 0 Å². The molecule has 0 unspecified atom stereocenters. The molecule has 1 spiro atoms. The lowest BCUT2D eigenvalue weighted by molar-refractivity contribution is -0.147. The standard InChI is InChI=1S/C35H44N4O3/c1-37-32(36)39-23-12-11-21-7-4-8-22(17-24-16-20-6-2-3-10-29(20)38-24)35(21)26-9-5-15-33(41)25(26)13-14-27(35)31-28(33)18-30(40)34(31,42)19-23/h2-3,6,8,10,16,21,23,25-28,30-31,38,40-42H,4-5,7,9,13-15,17-19H2,1H3,(H3,36,37,39)/t21-,23-,25-,26-,27-,28+,30+,31+,33+,34+,35+/m1/s1. The van der Waals surface area contributed by atoms with E-state index in [-0.39, 0.29) is 47.4 Å². The fraction of sp³-hybridized carbons (Fsp3) is 0.629. The van der Waals surface area contributed by atoms with E-state index < -0.39 is 23.3 Å². The van der Waals surface area contributed by atoms with E-state index in [9.17, 15) is 15.3 Å². The van der Waals surface area contributed by atoms with E-state index in [1.54, 1.807) is 7.05 Å². The van der Waals surface area contributed by atoms with Gasteiger partial charge < -0.3 is 31.4 Å². The largest absolute Gasteiger partial charge is 0.390 e. The van der Waals surface area contributed by atoms with Crippen LogP contribution < -0.4 is 11.1 Å². The summed E-state index contributed by atoms with van der Waals surface area (Å²) < 4.78 is 0. The Balaban J connectivity index is 1.35. The molecule has 2 aromatic rings. The van der Waals surface area contributed by atoms with Gasteiger partial charge in [0, 0.05) is 42.4 Å². The van der Waals surface area contributed by atoms with Crippen molar-refractivity contribution in [1.82, 2.24) is 10.3 Å². The number of aliphatic hydroxyl groups excluding tert-OH is 1. The van der Waals surface area contributed by atoms with Gasteiger partial charge >= 0.3 is 0 Å². The van der Waals surface area contributed by atoms with Crippen LogP contribution in [0.25, 0.3) is 10.9 Å². The van der Waals surface area contributed by atoms with E-state index in [2.05, 4.69) is 63.5 Å². The first-order valence-electron chi connectivity index (χ1n) is 16.2. The van der Waals surface area contributed by atoms with Gasteiger partial charge in [0.15, 0.2) is 5.96 Å². The molecular formula is C35H44N4O3. The van der Waals surface area contributed by atoms with Crippen LogP contribution in [0.3, 0.4) is 0 Å². The number of H-pyrrole nitrogens is 1. The highest BCUT2D eigenvalue weighted by molar-refractivity contribution is 5.80. The molecule has 4 fully saturated rings. The first-order valence-corrected chi connectivity index (χ1v) is 16.2. The van der Waals surface area contributed by atoms with Crippen molar-refractivity contribution in [3.63, 3.8) is 0 Å². The number of benzene rings is 1. The van der Waals surface area contributed by atoms with E-state index in [0.717, 1.165) is 56.9 Å². The van der Waals surface area contributed by atoms with Crippen LogP contribution in [0.15, 0.2) is 47.0 Å². The molecule has 1 heterocycles. The fourth-order valence-corrected chi connectivity index (χ4v) is 11.6. The zero-order valence-corrected chi connectivity index (χ0v) is 24.5. The second-order valence-electron chi connectivity index (χ2n) is 14.3. The number of nitrogens with one attached hydrogen (secondary N) is 2. The van der Waals surface area contributed by atoms with Crippen molar-refractivity contribution in [2.24, 2.45) is 51.6 Å². The molecule has 7 N–H and O–H groups in total. The lowest BCUT2D eigenvalue weighted by atomic mass is 9.43. The molecule has 8 rings (SSSR count). The van der Waals surface area contributed by atoms with Crippen LogP contribution in [0, 0.1) is 52.8 Å². The van der Waals surface area contributed by atoms with Gasteiger partial charge in [-0.05, 0) is 92.1 Å². The fourth-order valence-electron chi connectivity index (χ4n) is 11.6. The summed E-state index contributed by atoms with van der Waals surface area (Å²) in [5.41, 5.74) is 7.45. The van der Waals surface area contributed by atoms with E-state index in [4.69, 9.17) is 5.73 Å². The summed E-state index contributed by atoms with van der Waals surface area (Å²) in [5.74, 6) is 8.01. The highest BCUT2D eigenvalue weighted by Crippen LogP contribution is 2.74. The van der Waals surface area contributed by atoms with E-state index in [0.29, 0.717) is 12.3 Å². The first-order chi connectivity index (χ1) is 20.3. The predicted molar refractivity (Wildman–Crippen MR) is 163 cm³/mol. The average Bonchev–Trinajstić information content (AvgIpc) is 3.47. The lowest BCUT2D eigenvalue weighted by Gasteiger charge is -2.61. The third-order valence-electron chi connectivity index (χ3n) is 12.8. The Labute approximate surface area is 248 Å². The van der Waals surface area contributed by atoms with Crippen LogP contribution >= 0.6 is 0 Å². The summed E-state index contributed by atoms with van der Waals surface area (Å²) in [4.78, 5) is 7.81. The van der Waals surface area contributed by atoms with Crippen molar-refractivity contribution < 1.29 is 15.3 Å². The topological polar surface area (TPSA) is 127 Å². The quantitative estimate of drug-likeness (QED) is 0.146. The number of nitrogens with zero attached hydrogens (tertiary/aromatic N) is 1. The van der Waals surface area contributed by atoms with Gasteiger partial charge in [-0.25, -0.2) is 0 Å². The minimum atomic E-state index is -1.37. The SMILES string of the molecule is CN=C(N)N[C@@H]1C#C[C@H]2CCC=C(Cc3cc4ccccc4[nH]3)[C@@]23[C@@H]2CC[C@@H]4[C@H]3CCC[C@@]4(O)[C@H]3C[C@H](O)[C@@](O)(C1)[C@@H]23. The summed E-state index contributed by atoms with van der Waals surface area (Å²) in [7, 11) is 1.64. The Kier molecular flexibility index (Phi) is 5.97. The number of allylic oxidation sites excluding steroid dienone is 2. The molecule has 0 saturated heterocycles. The average molecular weight is 569 g/mol. The molecule has 0 amide bonds. The smallest absolute Gasteiger partial charge is 0.189 e. The summed E-state index contributed by atoms with van der Waals surface area (Å²) in [5, 5.41) is 41.7. The third-order valence-corrected chi connectivity index (χ3v) is 12.8. The zero-order chi connectivity index (χ0) is 28.9. The Morgan fingerprint density at radius 1 is 1.07 bits per heavy atom. The van der Waals surface area contributed by atoms with Crippen molar-refractivity contribution in [3.05, 3.63) is 47.7 Å². The highest BCUT2D eigenvalue weighted by atomic mass is 16.3. The van der Waals surface area contributed by atoms with Gasteiger partial charge in [0.1, 0.15) is 0 Å². The number of aliphatic hydroxyl groups is 3. The first kappa shape index (κ1) is 26.8. The van der Waals surface area contributed by atoms with Crippen LogP contribution in [-0.2, 0) is 6.42 Å². The van der Waals surface area contributed by atoms with Crippen molar-refractivity contribution in [2.45, 2.75) is 87.6 Å². The number of hydrogen-bond donors (Lipinski definition) is 6. The molecule has 222 valence electrons. The number of aromatic nitrogens is 1. The number of nitrogens with two attached hydrogens (primary N) is 1. The molecule has 6 aliphatic carbocycles. The second-order valence-corrected chi connectivity index (χ2v) is 14.3. The number of guanidine groups is 1.